The number of carboxylic acid groups (broad SMARTS) is 1. The van der Waals surface area contributed by atoms with Crippen molar-refractivity contribution < 1.29 is 15.0 Å². The molecule has 0 aliphatic heterocycles. The summed E-state index contributed by atoms with van der Waals surface area (Å²) in [6.07, 6.45) is 0. The summed E-state index contributed by atoms with van der Waals surface area (Å²) in [6, 6.07) is 13.6. The van der Waals surface area contributed by atoms with Crippen LogP contribution in [0.4, 0.5) is 0 Å². The third-order valence-electron chi connectivity index (χ3n) is 2.19. The molecule has 2 rings (SSSR count). The lowest BCUT2D eigenvalue weighted by Gasteiger charge is -2.04. The van der Waals surface area contributed by atoms with Crippen LogP contribution in [-0.2, 0) is 0 Å². The fourth-order valence-corrected chi connectivity index (χ4v) is 2.18. The van der Waals surface area contributed by atoms with Crippen molar-refractivity contribution >= 4 is 17.7 Å². The number of carboxylic acids is 1. The van der Waals surface area contributed by atoms with Crippen LogP contribution < -0.4 is 0 Å². The van der Waals surface area contributed by atoms with Crippen LogP contribution in [0.15, 0.2) is 58.3 Å². The monoisotopic (exact) mass is 246 g/mol. The predicted octanol–water partition coefficient (Wildman–Crippen LogP) is 3.24. The lowest BCUT2D eigenvalue weighted by atomic mass is 10.2. The fourth-order valence-electron chi connectivity index (χ4n) is 1.34. The van der Waals surface area contributed by atoms with Crippen LogP contribution in [0.1, 0.15) is 10.4 Å². The van der Waals surface area contributed by atoms with E-state index >= 15 is 0 Å². The molecule has 0 amide bonds. The van der Waals surface area contributed by atoms with Crippen LogP contribution in [0.25, 0.3) is 0 Å². The van der Waals surface area contributed by atoms with Gasteiger partial charge in [-0.05, 0) is 36.4 Å². The van der Waals surface area contributed by atoms with Crippen molar-refractivity contribution in [1.29, 1.82) is 0 Å². The predicted molar refractivity (Wildman–Crippen MR) is 65.6 cm³/mol. The van der Waals surface area contributed by atoms with E-state index < -0.39 is 5.97 Å². The van der Waals surface area contributed by atoms with Gasteiger partial charge in [0.05, 0.1) is 10.5 Å². The minimum Gasteiger partial charge on any atom is -0.507 e. The molecule has 17 heavy (non-hydrogen) atoms. The number of benzene rings is 2. The molecule has 0 spiro atoms. The van der Waals surface area contributed by atoms with Gasteiger partial charge in [-0.25, -0.2) is 4.79 Å². The summed E-state index contributed by atoms with van der Waals surface area (Å²) in [6.45, 7) is 0. The molecule has 0 saturated carbocycles. The molecule has 0 aromatic heterocycles. The number of hydrogen-bond acceptors (Lipinski definition) is 3. The molecule has 0 saturated heterocycles. The van der Waals surface area contributed by atoms with E-state index in [0.717, 1.165) is 9.79 Å². The van der Waals surface area contributed by atoms with Gasteiger partial charge in [0, 0.05) is 4.90 Å². The Hall–Kier alpha value is -1.94. The van der Waals surface area contributed by atoms with Gasteiger partial charge in [-0.1, -0.05) is 23.9 Å². The van der Waals surface area contributed by atoms with E-state index in [1.807, 2.05) is 12.1 Å². The molecule has 3 nitrogen and oxygen atoms in total. The van der Waals surface area contributed by atoms with E-state index in [1.54, 1.807) is 36.4 Å². The SMILES string of the molecule is O=C(O)c1ccc(Sc2ccccc2O)cc1. The van der Waals surface area contributed by atoms with Crippen LogP contribution in [0.5, 0.6) is 5.75 Å². The number of aromatic hydroxyl groups is 1. The van der Waals surface area contributed by atoms with Gasteiger partial charge < -0.3 is 10.2 Å². The Morgan fingerprint density at radius 3 is 2.24 bits per heavy atom. The molecular weight excluding hydrogens is 236 g/mol. The number of rotatable bonds is 3. The summed E-state index contributed by atoms with van der Waals surface area (Å²) in [5.74, 6) is -0.719. The Morgan fingerprint density at radius 2 is 1.65 bits per heavy atom. The normalized spacial score (nSPS) is 10.1. The van der Waals surface area contributed by atoms with Crippen molar-refractivity contribution in [2.24, 2.45) is 0 Å². The second kappa shape index (κ2) is 4.93. The third-order valence-corrected chi connectivity index (χ3v) is 3.27. The standard InChI is InChI=1S/C13H10O3S/c14-11-3-1-2-4-12(11)17-10-7-5-9(6-8-10)13(15)16/h1-8,14H,(H,15,16). The molecule has 0 aliphatic carbocycles. The van der Waals surface area contributed by atoms with E-state index in [4.69, 9.17) is 5.11 Å². The Morgan fingerprint density at radius 1 is 1.00 bits per heavy atom. The molecule has 0 unspecified atom stereocenters. The zero-order valence-electron chi connectivity index (χ0n) is 8.83. The number of phenolic OH excluding ortho intramolecular Hbond substituents is 1. The Labute approximate surface area is 103 Å². The number of aromatic carboxylic acids is 1. The lowest BCUT2D eigenvalue weighted by molar-refractivity contribution is 0.0697. The maximum absolute atomic E-state index is 10.7. The van der Waals surface area contributed by atoms with E-state index in [0.29, 0.717) is 0 Å². The topological polar surface area (TPSA) is 57.5 Å². The molecule has 2 N–H and O–H groups in total. The molecule has 4 heteroatoms. The van der Waals surface area contributed by atoms with Crippen molar-refractivity contribution in [2.75, 3.05) is 0 Å². The Bertz CT molecular complexity index is 535. The first kappa shape index (κ1) is 11.5. The van der Waals surface area contributed by atoms with Crippen molar-refractivity contribution in [2.45, 2.75) is 9.79 Å². The van der Waals surface area contributed by atoms with Gasteiger partial charge in [-0.3, -0.25) is 0 Å². The van der Waals surface area contributed by atoms with E-state index in [9.17, 15) is 9.90 Å². The fraction of sp³-hybridized carbons (Fsp3) is 0. The number of phenols is 1. The first-order valence-corrected chi connectivity index (χ1v) is 5.77. The Balaban J connectivity index is 2.20. The molecule has 2 aromatic rings. The molecule has 0 radical (unpaired) electrons. The van der Waals surface area contributed by atoms with Crippen molar-refractivity contribution in [3.63, 3.8) is 0 Å². The van der Waals surface area contributed by atoms with Gasteiger partial charge >= 0.3 is 5.97 Å². The summed E-state index contributed by atoms with van der Waals surface area (Å²) < 4.78 is 0. The minimum absolute atomic E-state index is 0.222. The van der Waals surface area contributed by atoms with E-state index in [2.05, 4.69) is 0 Å². The van der Waals surface area contributed by atoms with Gasteiger partial charge in [0.1, 0.15) is 5.75 Å². The van der Waals surface area contributed by atoms with Gasteiger partial charge in [0.15, 0.2) is 0 Å². The largest absolute Gasteiger partial charge is 0.507 e. The van der Waals surface area contributed by atoms with Crippen molar-refractivity contribution in [3.05, 3.63) is 54.1 Å². The highest BCUT2D eigenvalue weighted by Gasteiger charge is 2.04. The van der Waals surface area contributed by atoms with Gasteiger partial charge in [0.25, 0.3) is 0 Å². The van der Waals surface area contributed by atoms with Gasteiger partial charge in [-0.15, -0.1) is 0 Å². The highest BCUT2D eigenvalue weighted by molar-refractivity contribution is 7.99. The molecule has 2 aromatic carbocycles. The molecular formula is C13H10O3S. The molecule has 0 bridgehead atoms. The number of carbonyl (C=O) groups is 1. The second-order valence-electron chi connectivity index (χ2n) is 3.40. The number of para-hydroxylation sites is 1. The van der Waals surface area contributed by atoms with Crippen LogP contribution in [0, 0.1) is 0 Å². The molecule has 0 heterocycles. The summed E-state index contributed by atoms with van der Waals surface area (Å²) in [7, 11) is 0. The van der Waals surface area contributed by atoms with Crippen LogP contribution in [0.2, 0.25) is 0 Å². The van der Waals surface area contributed by atoms with Crippen molar-refractivity contribution in [1.82, 2.24) is 0 Å². The first-order chi connectivity index (χ1) is 8.16. The average Bonchev–Trinajstić information content (AvgIpc) is 2.33. The highest BCUT2D eigenvalue weighted by atomic mass is 32.2. The third kappa shape index (κ3) is 2.79. The quantitative estimate of drug-likeness (QED) is 0.872. The summed E-state index contributed by atoms with van der Waals surface area (Å²) in [4.78, 5) is 12.3. The number of hydrogen-bond donors (Lipinski definition) is 2. The highest BCUT2D eigenvalue weighted by Crippen LogP contribution is 2.33. The maximum atomic E-state index is 10.7. The average molecular weight is 246 g/mol. The van der Waals surface area contributed by atoms with Gasteiger partial charge in [0.2, 0.25) is 0 Å². The molecule has 0 aliphatic rings. The van der Waals surface area contributed by atoms with Crippen LogP contribution >= 0.6 is 11.8 Å². The summed E-state index contributed by atoms with van der Waals surface area (Å²) in [5.41, 5.74) is 0.256. The zero-order chi connectivity index (χ0) is 12.3. The van der Waals surface area contributed by atoms with Crippen molar-refractivity contribution in [3.8, 4) is 5.75 Å². The first-order valence-electron chi connectivity index (χ1n) is 4.96. The maximum Gasteiger partial charge on any atom is 0.335 e. The molecule has 0 fully saturated rings. The summed E-state index contributed by atoms with van der Waals surface area (Å²) >= 11 is 1.39. The molecule has 86 valence electrons. The summed E-state index contributed by atoms with van der Waals surface area (Å²) in [5, 5.41) is 18.4. The Kier molecular flexibility index (Phi) is 3.35. The lowest BCUT2D eigenvalue weighted by Crippen LogP contribution is -1.94. The minimum atomic E-state index is -0.941. The smallest absolute Gasteiger partial charge is 0.335 e. The zero-order valence-corrected chi connectivity index (χ0v) is 9.65. The van der Waals surface area contributed by atoms with Gasteiger partial charge in [-0.2, -0.15) is 0 Å². The van der Waals surface area contributed by atoms with Crippen LogP contribution in [0.3, 0.4) is 0 Å². The van der Waals surface area contributed by atoms with Crippen LogP contribution in [-0.4, -0.2) is 16.2 Å². The van der Waals surface area contributed by atoms with E-state index in [1.165, 1.54) is 11.8 Å². The molecule has 0 atom stereocenters. The van der Waals surface area contributed by atoms with E-state index in [-0.39, 0.29) is 11.3 Å². The second-order valence-corrected chi connectivity index (χ2v) is 4.51.